The summed E-state index contributed by atoms with van der Waals surface area (Å²) >= 11 is 3.49. The van der Waals surface area contributed by atoms with Crippen molar-refractivity contribution in [2.24, 2.45) is 12.8 Å². The number of hydrogen-bond donors (Lipinski definition) is 1. The van der Waals surface area contributed by atoms with Crippen LogP contribution in [0.4, 0.5) is 0 Å². The molecule has 0 saturated carbocycles. The average molecular weight is 273 g/mol. The maximum Gasteiger partial charge on any atom is 0.128 e. The van der Waals surface area contributed by atoms with Crippen LogP contribution in [0.5, 0.6) is 0 Å². The molecule has 1 aliphatic heterocycles. The number of nitrogens with zero attached hydrogens (tertiary/aromatic N) is 3. The molecule has 2 heterocycles. The van der Waals surface area contributed by atoms with Gasteiger partial charge in [-0.3, -0.25) is 4.90 Å². The van der Waals surface area contributed by atoms with E-state index in [2.05, 4.69) is 30.4 Å². The van der Waals surface area contributed by atoms with Crippen LogP contribution < -0.4 is 5.73 Å². The monoisotopic (exact) mass is 272 g/mol. The molecule has 2 rings (SSSR count). The van der Waals surface area contributed by atoms with Gasteiger partial charge in [0, 0.05) is 13.6 Å². The molecule has 5 heteroatoms. The largest absolute Gasteiger partial charge is 0.335 e. The number of likely N-dealkylation sites (tertiary alicyclic amines) is 1. The second kappa shape index (κ2) is 4.63. The summed E-state index contributed by atoms with van der Waals surface area (Å²) in [4.78, 5) is 6.70. The molecular formula is C10H17BrN4. The Hall–Kier alpha value is -0.390. The summed E-state index contributed by atoms with van der Waals surface area (Å²) < 4.78 is 2.98. The molecule has 1 aliphatic rings. The molecule has 0 aliphatic carbocycles. The average Bonchev–Trinajstić information content (AvgIpc) is 2.83. The van der Waals surface area contributed by atoms with E-state index < -0.39 is 0 Å². The van der Waals surface area contributed by atoms with Crippen LogP contribution in [0, 0.1) is 0 Å². The Morgan fingerprint density at radius 3 is 2.67 bits per heavy atom. The van der Waals surface area contributed by atoms with Gasteiger partial charge < -0.3 is 10.3 Å². The van der Waals surface area contributed by atoms with Crippen LogP contribution in [0.15, 0.2) is 10.9 Å². The van der Waals surface area contributed by atoms with Gasteiger partial charge in [-0.05, 0) is 41.9 Å². The molecular weight excluding hydrogens is 256 g/mol. The van der Waals surface area contributed by atoms with E-state index >= 15 is 0 Å². The summed E-state index contributed by atoms with van der Waals surface area (Å²) in [5.41, 5.74) is 7.07. The quantitative estimate of drug-likeness (QED) is 0.902. The van der Waals surface area contributed by atoms with Gasteiger partial charge in [0.2, 0.25) is 0 Å². The molecule has 1 unspecified atom stereocenters. The molecule has 4 nitrogen and oxygen atoms in total. The van der Waals surface area contributed by atoms with Gasteiger partial charge in [0.15, 0.2) is 0 Å². The van der Waals surface area contributed by atoms with Crippen molar-refractivity contribution in [1.82, 2.24) is 14.5 Å². The normalized spacial score (nSPS) is 19.7. The Morgan fingerprint density at radius 1 is 1.53 bits per heavy atom. The molecule has 15 heavy (non-hydrogen) atoms. The first-order valence-corrected chi connectivity index (χ1v) is 6.14. The van der Waals surface area contributed by atoms with Gasteiger partial charge >= 0.3 is 0 Å². The molecule has 0 spiro atoms. The van der Waals surface area contributed by atoms with Crippen molar-refractivity contribution >= 4 is 15.9 Å². The van der Waals surface area contributed by atoms with E-state index in [4.69, 9.17) is 5.73 Å². The van der Waals surface area contributed by atoms with E-state index in [0.29, 0.717) is 12.6 Å². The standard InChI is InChI=1S/C10H17BrN4/c1-14-7-13-10(11)9(14)8(6-12)15-4-2-3-5-15/h7-8H,2-6,12H2,1H3. The van der Waals surface area contributed by atoms with Crippen molar-refractivity contribution < 1.29 is 0 Å². The molecule has 2 N–H and O–H groups in total. The fourth-order valence-corrected chi connectivity index (χ4v) is 2.91. The Balaban J connectivity index is 2.25. The van der Waals surface area contributed by atoms with Crippen molar-refractivity contribution in [1.29, 1.82) is 0 Å². The molecule has 0 bridgehead atoms. The fourth-order valence-electron chi connectivity index (χ4n) is 2.27. The molecule has 0 radical (unpaired) electrons. The summed E-state index contributed by atoms with van der Waals surface area (Å²) in [5.74, 6) is 0. The summed E-state index contributed by atoms with van der Waals surface area (Å²) in [6.07, 6.45) is 4.40. The third-order valence-electron chi connectivity index (χ3n) is 3.06. The van der Waals surface area contributed by atoms with Crippen LogP contribution in [0.3, 0.4) is 0 Å². The molecule has 84 valence electrons. The maximum absolute atomic E-state index is 5.88. The highest BCUT2D eigenvalue weighted by Crippen LogP contribution is 2.28. The van der Waals surface area contributed by atoms with Crippen LogP contribution in [-0.4, -0.2) is 34.1 Å². The summed E-state index contributed by atoms with van der Waals surface area (Å²) in [6.45, 7) is 2.96. The zero-order valence-electron chi connectivity index (χ0n) is 8.99. The van der Waals surface area contributed by atoms with E-state index in [1.54, 1.807) is 0 Å². The highest BCUT2D eigenvalue weighted by Gasteiger charge is 2.26. The Bertz CT molecular complexity index is 311. The van der Waals surface area contributed by atoms with Crippen molar-refractivity contribution in [3.63, 3.8) is 0 Å². The Kier molecular flexibility index (Phi) is 3.43. The lowest BCUT2D eigenvalue weighted by Gasteiger charge is -2.26. The van der Waals surface area contributed by atoms with E-state index in [1.165, 1.54) is 18.5 Å². The number of halogens is 1. The van der Waals surface area contributed by atoms with Crippen LogP contribution in [0.2, 0.25) is 0 Å². The minimum Gasteiger partial charge on any atom is -0.335 e. The lowest BCUT2D eigenvalue weighted by molar-refractivity contribution is 0.242. The highest BCUT2D eigenvalue weighted by atomic mass is 79.9. The lowest BCUT2D eigenvalue weighted by atomic mass is 10.2. The Labute approximate surface area is 98.6 Å². The van der Waals surface area contributed by atoms with Gasteiger partial charge in [0.05, 0.1) is 18.1 Å². The second-order valence-corrected chi connectivity index (χ2v) is 4.78. The van der Waals surface area contributed by atoms with Crippen LogP contribution in [0.1, 0.15) is 24.6 Å². The van der Waals surface area contributed by atoms with Gasteiger partial charge in [0.1, 0.15) is 4.60 Å². The number of imidazole rings is 1. The van der Waals surface area contributed by atoms with E-state index in [0.717, 1.165) is 17.7 Å². The lowest BCUT2D eigenvalue weighted by Crippen LogP contribution is -2.32. The first kappa shape index (κ1) is 11.1. The second-order valence-electron chi connectivity index (χ2n) is 4.03. The smallest absolute Gasteiger partial charge is 0.128 e. The number of hydrogen-bond acceptors (Lipinski definition) is 3. The van der Waals surface area contributed by atoms with Gasteiger partial charge in [0.25, 0.3) is 0 Å². The zero-order chi connectivity index (χ0) is 10.8. The SMILES string of the molecule is Cn1cnc(Br)c1C(CN)N1CCCC1. The molecule has 1 aromatic heterocycles. The molecule has 1 atom stereocenters. The van der Waals surface area contributed by atoms with Gasteiger partial charge in [-0.25, -0.2) is 4.98 Å². The third kappa shape index (κ3) is 2.09. The predicted molar refractivity (Wildman–Crippen MR) is 63.5 cm³/mol. The third-order valence-corrected chi connectivity index (χ3v) is 3.67. The van der Waals surface area contributed by atoms with Gasteiger partial charge in [-0.2, -0.15) is 0 Å². The number of rotatable bonds is 3. The van der Waals surface area contributed by atoms with Crippen molar-refractivity contribution in [2.45, 2.75) is 18.9 Å². The number of nitrogens with two attached hydrogens (primary N) is 1. The van der Waals surface area contributed by atoms with Crippen LogP contribution >= 0.6 is 15.9 Å². The van der Waals surface area contributed by atoms with Gasteiger partial charge in [-0.15, -0.1) is 0 Å². The molecule has 1 saturated heterocycles. The van der Waals surface area contributed by atoms with E-state index in [9.17, 15) is 0 Å². The van der Waals surface area contributed by atoms with Crippen LogP contribution in [0.25, 0.3) is 0 Å². The first-order chi connectivity index (χ1) is 7.24. The predicted octanol–water partition coefficient (Wildman–Crippen LogP) is 1.28. The summed E-state index contributed by atoms with van der Waals surface area (Å²) in [6, 6.07) is 0.300. The molecule has 1 aromatic rings. The van der Waals surface area contributed by atoms with Gasteiger partial charge in [-0.1, -0.05) is 0 Å². The van der Waals surface area contributed by atoms with E-state index in [1.807, 2.05) is 13.4 Å². The zero-order valence-corrected chi connectivity index (χ0v) is 10.6. The van der Waals surface area contributed by atoms with Crippen molar-refractivity contribution in [3.8, 4) is 0 Å². The fraction of sp³-hybridized carbons (Fsp3) is 0.700. The maximum atomic E-state index is 5.88. The summed E-state index contributed by atoms with van der Waals surface area (Å²) in [5, 5.41) is 0. The molecule has 1 fully saturated rings. The minimum absolute atomic E-state index is 0.300. The topological polar surface area (TPSA) is 47.1 Å². The Morgan fingerprint density at radius 2 is 2.20 bits per heavy atom. The number of aromatic nitrogens is 2. The van der Waals surface area contributed by atoms with Crippen LogP contribution in [-0.2, 0) is 7.05 Å². The summed E-state index contributed by atoms with van der Waals surface area (Å²) in [7, 11) is 2.02. The van der Waals surface area contributed by atoms with E-state index in [-0.39, 0.29) is 0 Å². The number of aryl methyl sites for hydroxylation is 1. The molecule has 0 amide bonds. The highest BCUT2D eigenvalue weighted by molar-refractivity contribution is 9.10. The minimum atomic E-state index is 0.300. The van der Waals surface area contributed by atoms with Crippen molar-refractivity contribution in [3.05, 3.63) is 16.6 Å². The first-order valence-electron chi connectivity index (χ1n) is 5.35. The van der Waals surface area contributed by atoms with Crippen molar-refractivity contribution in [2.75, 3.05) is 19.6 Å². The molecule has 0 aromatic carbocycles.